The summed E-state index contributed by atoms with van der Waals surface area (Å²) in [7, 11) is 0. The van der Waals surface area contributed by atoms with Crippen molar-refractivity contribution in [2.45, 2.75) is 64.0 Å². The molecule has 1 N–H and O–H groups in total. The Morgan fingerprint density at radius 1 is 1.12 bits per heavy atom. The van der Waals surface area contributed by atoms with Gasteiger partial charge < -0.3 is 10.1 Å². The van der Waals surface area contributed by atoms with Crippen LogP contribution in [0.5, 0.6) is 5.75 Å². The molecule has 1 saturated heterocycles. The van der Waals surface area contributed by atoms with Crippen LogP contribution in [0.2, 0.25) is 0 Å². The van der Waals surface area contributed by atoms with Gasteiger partial charge >= 0.3 is 0 Å². The predicted molar refractivity (Wildman–Crippen MR) is 100 cm³/mol. The van der Waals surface area contributed by atoms with E-state index in [1.54, 1.807) is 0 Å². The van der Waals surface area contributed by atoms with E-state index < -0.39 is 0 Å². The van der Waals surface area contributed by atoms with Gasteiger partial charge in [0.2, 0.25) is 0 Å². The summed E-state index contributed by atoms with van der Waals surface area (Å²) in [4.78, 5) is 0. The second-order valence-electron chi connectivity index (χ2n) is 7.39. The van der Waals surface area contributed by atoms with Crippen molar-refractivity contribution in [2.75, 3.05) is 13.1 Å². The summed E-state index contributed by atoms with van der Waals surface area (Å²) in [5, 5.41) is 8.31. The molecule has 1 aliphatic heterocycles. The normalized spacial score (nSPS) is 18.9. The second-order valence-corrected chi connectivity index (χ2v) is 7.39. The Bertz CT molecular complexity index is 682. The first-order valence-corrected chi connectivity index (χ1v) is 9.84. The van der Waals surface area contributed by atoms with E-state index in [2.05, 4.69) is 47.3 Å². The summed E-state index contributed by atoms with van der Waals surface area (Å²) in [6.07, 6.45) is 7.50. The summed E-state index contributed by atoms with van der Waals surface area (Å²) >= 11 is 0. The molecule has 4 nitrogen and oxygen atoms in total. The Kier molecular flexibility index (Phi) is 5.07. The van der Waals surface area contributed by atoms with Gasteiger partial charge in [-0.05, 0) is 75.9 Å². The Morgan fingerprint density at radius 3 is 2.52 bits per heavy atom. The molecule has 2 heterocycles. The molecule has 25 heavy (non-hydrogen) atoms. The molecule has 0 bridgehead atoms. The number of benzene rings is 1. The second kappa shape index (κ2) is 7.61. The Labute approximate surface area is 150 Å². The third kappa shape index (κ3) is 3.90. The fourth-order valence-corrected chi connectivity index (χ4v) is 3.85. The van der Waals surface area contributed by atoms with Gasteiger partial charge in [-0.3, -0.25) is 4.68 Å². The quantitative estimate of drug-likeness (QED) is 0.868. The van der Waals surface area contributed by atoms with Gasteiger partial charge in [0.1, 0.15) is 5.75 Å². The Balaban J connectivity index is 1.43. The highest BCUT2D eigenvalue weighted by atomic mass is 16.5. The number of rotatable bonds is 6. The monoisotopic (exact) mass is 339 g/mol. The van der Waals surface area contributed by atoms with Gasteiger partial charge in [0, 0.05) is 24.6 Å². The van der Waals surface area contributed by atoms with E-state index in [-0.39, 0.29) is 0 Å². The first-order valence-electron chi connectivity index (χ1n) is 9.84. The molecule has 2 aromatic rings. The lowest BCUT2D eigenvalue weighted by Gasteiger charge is -2.26. The average molecular weight is 339 g/mol. The molecule has 0 atom stereocenters. The average Bonchev–Trinajstić information content (AvgIpc) is 3.03. The highest BCUT2D eigenvalue weighted by molar-refractivity contribution is 5.31. The van der Waals surface area contributed by atoms with Crippen molar-refractivity contribution in [1.82, 2.24) is 15.1 Å². The van der Waals surface area contributed by atoms with Crippen LogP contribution in [0.25, 0.3) is 0 Å². The number of piperidine rings is 1. The van der Waals surface area contributed by atoms with Gasteiger partial charge in [0.25, 0.3) is 0 Å². The molecular formula is C21H29N3O. The van der Waals surface area contributed by atoms with Gasteiger partial charge in [0.05, 0.1) is 11.8 Å². The maximum atomic E-state index is 5.95. The van der Waals surface area contributed by atoms with Crippen LogP contribution in [0.3, 0.4) is 0 Å². The van der Waals surface area contributed by atoms with E-state index in [1.807, 2.05) is 0 Å². The zero-order valence-corrected chi connectivity index (χ0v) is 15.2. The zero-order valence-electron chi connectivity index (χ0n) is 15.2. The summed E-state index contributed by atoms with van der Waals surface area (Å²) < 4.78 is 8.16. The molecule has 2 aliphatic rings. The Hall–Kier alpha value is -1.81. The first-order chi connectivity index (χ1) is 12.3. The highest BCUT2D eigenvalue weighted by Crippen LogP contribution is 2.28. The molecule has 0 unspecified atom stereocenters. The minimum Gasteiger partial charge on any atom is -0.490 e. The van der Waals surface area contributed by atoms with Crippen LogP contribution >= 0.6 is 0 Å². The number of hydrogen-bond acceptors (Lipinski definition) is 3. The summed E-state index contributed by atoms with van der Waals surface area (Å²) in [6, 6.07) is 10.9. The first kappa shape index (κ1) is 16.6. The van der Waals surface area contributed by atoms with E-state index >= 15 is 0 Å². The molecule has 0 amide bonds. The molecule has 4 heteroatoms. The minimum absolute atomic E-state index is 0.443. The third-order valence-corrected chi connectivity index (χ3v) is 5.58. The van der Waals surface area contributed by atoms with Crippen molar-refractivity contribution in [2.24, 2.45) is 0 Å². The lowest BCUT2D eigenvalue weighted by molar-refractivity contribution is 0.120. The van der Waals surface area contributed by atoms with Crippen LogP contribution in [0.4, 0.5) is 0 Å². The Morgan fingerprint density at radius 2 is 1.88 bits per heavy atom. The standard InChI is InChI=1S/C21H29N3O/c1-2-24-21(17-10-12-22-13-11-17)15-18(23-24)14-16-6-8-20(9-7-16)25-19-4-3-5-19/h6-9,15,17,19,22H,2-5,10-14H2,1H3. The maximum absolute atomic E-state index is 5.95. The lowest BCUT2D eigenvalue weighted by atomic mass is 9.94. The molecule has 134 valence electrons. The van der Waals surface area contributed by atoms with Gasteiger partial charge in [-0.25, -0.2) is 0 Å². The van der Waals surface area contributed by atoms with Crippen molar-refractivity contribution in [3.8, 4) is 5.75 Å². The molecule has 1 aliphatic carbocycles. The van der Waals surface area contributed by atoms with E-state index in [0.717, 1.165) is 31.8 Å². The van der Waals surface area contributed by atoms with Gasteiger partial charge in [-0.2, -0.15) is 5.10 Å². The number of nitrogens with zero attached hydrogens (tertiary/aromatic N) is 2. The summed E-state index contributed by atoms with van der Waals surface area (Å²) in [5.74, 6) is 1.66. The topological polar surface area (TPSA) is 39.1 Å². The molecule has 1 saturated carbocycles. The van der Waals surface area contributed by atoms with Crippen molar-refractivity contribution in [3.63, 3.8) is 0 Å². The molecule has 4 rings (SSSR count). The molecule has 0 spiro atoms. The van der Waals surface area contributed by atoms with Crippen LogP contribution < -0.4 is 10.1 Å². The van der Waals surface area contributed by atoms with Crippen molar-refractivity contribution in [3.05, 3.63) is 47.3 Å². The van der Waals surface area contributed by atoms with E-state index in [1.165, 1.54) is 49.1 Å². The molecule has 2 fully saturated rings. The van der Waals surface area contributed by atoms with Gasteiger partial charge in [-0.1, -0.05) is 12.1 Å². The largest absolute Gasteiger partial charge is 0.490 e. The molecule has 1 aromatic heterocycles. The lowest BCUT2D eigenvalue weighted by Crippen LogP contribution is -2.27. The maximum Gasteiger partial charge on any atom is 0.119 e. The fourth-order valence-electron chi connectivity index (χ4n) is 3.85. The smallest absolute Gasteiger partial charge is 0.119 e. The van der Waals surface area contributed by atoms with Crippen molar-refractivity contribution in [1.29, 1.82) is 0 Å². The summed E-state index contributed by atoms with van der Waals surface area (Å²) in [6.45, 7) is 5.38. The molecule has 1 aromatic carbocycles. The fraction of sp³-hybridized carbons (Fsp3) is 0.571. The van der Waals surface area contributed by atoms with Crippen molar-refractivity contribution >= 4 is 0 Å². The molecular weight excluding hydrogens is 310 g/mol. The minimum atomic E-state index is 0.443. The van der Waals surface area contributed by atoms with Crippen LogP contribution in [0.1, 0.15) is 61.9 Å². The number of hydrogen-bond donors (Lipinski definition) is 1. The number of aromatic nitrogens is 2. The van der Waals surface area contributed by atoms with Crippen LogP contribution in [-0.2, 0) is 13.0 Å². The van der Waals surface area contributed by atoms with Gasteiger partial charge in [0.15, 0.2) is 0 Å². The predicted octanol–water partition coefficient (Wildman–Crippen LogP) is 3.89. The SMILES string of the molecule is CCn1nc(Cc2ccc(OC3CCC3)cc2)cc1C1CCNCC1. The third-order valence-electron chi connectivity index (χ3n) is 5.58. The van der Waals surface area contributed by atoms with Crippen LogP contribution in [-0.4, -0.2) is 29.0 Å². The van der Waals surface area contributed by atoms with Crippen LogP contribution in [0, 0.1) is 0 Å². The van der Waals surface area contributed by atoms with E-state index in [4.69, 9.17) is 9.84 Å². The molecule has 0 radical (unpaired) electrons. The zero-order chi connectivity index (χ0) is 17.1. The number of aryl methyl sites for hydroxylation is 1. The number of nitrogens with one attached hydrogen (secondary N) is 1. The van der Waals surface area contributed by atoms with E-state index in [0.29, 0.717) is 12.0 Å². The van der Waals surface area contributed by atoms with Crippen LogP contribution in [0.15, 0.2) is 30.3 Å². The van der Waals surface area contributed by atoms with Crippen molar-refractivity contribution < 1.29 is 4.74 Å². The van der Waals surface area contributed by atoms with Gasteiger partial charge in [-0.15, -0.1) is 0 Å². The summed E-state index contributed by atoms with van der Waals surface area (Å²) in [5.41, 5.74) is 3.91. The number of ether oxygens (including phenoxy) is 1. The van der Waals surface area contributed by atoms with E-state index in [9.17, 15) is 0 Å². The highest BCUT2D eigenvalue weighted by Gasteiger charge is 2.21.